The van der Waals surface area contributed by atoms with E-state index in [4.69, 9.17) is 9.47 Å². The Balaban J connectivity index is 1.66. The summed E-state index contributed by atoms with van der Waals surface area (Å²) in [4.78, 5) is 25.6. The first-order chi connectivity index (χ1) is 13.7. The maximum atomic E-state index is 12.6. The summed E-state index contributed by atoms with van der Waals surface area (Å²) in [7, 11) is 0.983. The van der Waals surface area contributed by atoms with E-state index >= 15 is 0 Å². The fourth-order valence-electron chi connectivity index (χ4n) is 3.12. The number of sulfone groups is 1. The average Bonchev–Trinajstić information content (AvgIpc) is 2.99. The van der Waals surface area contributed by atoms with Gasteiger partial charge in [-0.2, -0.15) is 0 Å². The normalized spacial score (nSPS) is 13.2. The third kappa shape index (κ3) is 4.34. The van der Waals surface area contributed by atoms with Gasteiger partial charge in [-0.1, -0.05) is 0 Å². The van der Waals surface area contributed by atoms with Crippen LogP contribution in [0.1, 0.15) is 12.0 Å². The summed E-state index contributed by atoms with van der Waals surface area (Å²) >= 11 is 0. The highest BCUT2D eigenvalue weighted by Crippen LogP contribution is 2.31. The van der Waals surface area contributed by atoms with E-state index in [1.54, 1.807) is 31.3 Å². The van der Waals surface area contributed by atoms with Gasteiger partial charge >= 0.3 is 0 Å². The minimum Gasteiger partial charge on any atom is -0.493 e. The van der Waals surface area contributed by atoms with Gasteiger partial charge in [0.2, 0.25) is 11.8 Å². The molecule has 2 aromatic rings. The van der Waals surface area contributed by atoms with Crippen molar-refractivity contribution < 1.29 is 27.5 Å². The van der Waals surface area contributed by atoms with Gasteiger partial charge in [0.25, 0.3) is 0 Å². The number of methoxy groups -OCH3 is 2. The summed E-state index contributed by atoms with van der Waals surface area (Å²) in [5, 5.41) is 2.66. The summed E-state index contributed by atoms with van der Waals surface area (Å²) in [6, 6.07) is 9.49. The van der Waals surface area contributed by atoms with Crippen molar-refractivity contribution in [2.45, 2.75) is 17.7 Å². The fourth-order valence-corrected chi connectivity index (χ4v) is 4.41. The standard InChI is InChI=1S/C20H22N2O6S/c1-22-16-6-5-15(10-13(16)11-20(22)24)29(25,26)9-8-19(23)21-14-4-7-17(27-2)18(12-14)28-3/h4-7,10,12H,8-9,11H2,1-3H3,(H,21,23). The van der Waals surface area contributed by atoms with Crippen LogP contribution in [0.4, 0.5) is 11.4 Å². The highest BCUT2D eigenvalue weighted by Gasteiger charge is 2.26. The number of benzene rings is 2. The fraction of sp³-hybridized carbons (Fsp3) is 0.300. The SMILES string of the molecule is COc1ccc(NC(=O)CCS(=O)(=O)c2ccc3c(c2)CC(=O)N3C)cc1OC. The number of rotatable bonds is 7. The molecule has 0 unspecified atom stereocenters. The van der Waals surface area contributed by atoms with Crippen molar-refractivity contribution >= 4 is 33.0 Å². The van der Waals surface area contributed by atoms with E-state index in [9.17, 15) is 18.0 Å². The molecule has 0 saturated carbocycles. The highest BCUT2D eigenvalue weighted by atomic mass is 32.2. The summed E-state index contributed by atoms with van der Waals surface area (Å²) < 4.78 is 35.6. The van der Waals surface area contributed by atoms with Crippen LogP contribution in [0.25, 0.3) is 0 Å². The molecular weight excluding hydrogens is 396 g/mol. The zero-order valence-corrected chi connectivity index (χ0v) is 17.2. The third-order valence-corrected chi connectivity index (χ3v) is 6.47. The molecule has 3 rings (SSSR count). The molecule has 1 aliphatic heterocycles. The Labute approximate surface area is 169 Å². The van der Waals surface area contributed by atoms with Crippen LogP contribution in [-0.4, -0.2) is 47.3 Å². The van der Waals surface area contributed by atoms with Crippen molar-refractivity contribution in [3.8, 4) is 11.5 Å². The summed E-state index contributed by atoms with van der Waals surface area (Å²) in [5.74, 6) is 0.124. The molecule has 0 fully saturated rings. The number of nitrogens with one attached hydrogen (secondary N) is 1. The first kappa shape index (κ1) is 20.7. The van der Waals surface area contributed by atoms with Crippen LogP contribution in [-0.2, 0) is 25.8 Å². The van der Waals surface area contributed by atoms with E-state index in [2.05, 4.69) is 5.32 Å². The van der Waals surface area contributed by atoms with Gasteiger partial charge in [0.1, 0.15) is 0 Å². The lowest BCUT2D eigenvalue weighted by Gasteiger charge is -2.12. The van der Waals surface area contributed by atoms with Crippen molar-refractivity contribution in [3.63, 3.8) is 0 Å². The molecule has 1 heterocycles. The first-order valence-corrected chi connectivity index (χ1v) is 10.5. The number of amides is 2. The summed E-state index contributed by atoms with van der Waals surface area (Å²) in [6.07, 6.45) is -0.0262. The van der Waals surface area contributed by atoms with Gasteiger partial charge in [0.05, 0.1) is 31.3 Å². The number of carbonyl (C=O) groups is 2. The average molecular weight is 418 g/mol. The Hall–Kier alpha value is -3.07. The Morgan fingerprint density at radius 1 is 1.10 bits per heavy atom. The molecule has 0 atom stereocenters. The van der Waals surface area contributed by atoms with E-state index in [-0.39, 0.29) is 29.4 Å². The molecule has 9 heteroatoms. The van der Waals surface area contributed by atoms with Crippen LogP contribution in [0.3, 0.4) is 0 Å². The van der Waals surface area contributed by atoms with Gasteiger partial charge in [0, 0.05) is 30.9 Å². The summed E-state index contributed by atoms with van der Waals surface area (Å²) in [6.45, 7) is 0. The third-order valence-electron chi connectivity index (χ3n) is 4.75. The molecule has 2 aromatic carbocycles. The van der Waals surface area contributed by atoms with E-state index in [1.807, 2.05) is 0 Å². The van der Waals surface area contributed by atoms with Crippen LogP contribution in [0.5, 0.6) is 11.5 Å². The zero-order valence-electron chi connectivity index (χ0n) is 16.4. The van der Waals surface area contributed by atoms with Gasteiger partial charge in [-0.25, -0.2) is 8.42 Å². The number of likely N-dealkylation sites (N-methyl/N-ethyl adjacent to an activating group) is 1. The molecule has 2 amide bonds. The van der Waals surface area contributed by atoms with Gasteiger partial charge in [-0.3, -0.25) is 9.59 Å². The van der Waals surface area contributed by atoms with Crippen molar-refractivity contribution in [3.05, 3.63) is 42.0 Å². The van der Waals surface area contributed by atoms with Crippen LogP contribution in [0.15, 0.2) is 41.3 Å². The zero-order chi connectivity index (χ0) is 21.2. The van der Waals surface area contributed by atoms with Crippen LogP contribution in [0.2, 0.25) is 0 Å². The molecule has 1 N–H and O–H groups in total. The van der Waals surface area contributed by atoms with Gasteiger partial charge in [-0.05, 0) is 35.9 Å². The smallest absolute Gasteiger partial charge is 0.231 e. The van der Waals surface area contributed by atoms with Gasteiger partial charge < -0.3 is 19.7 Å². The first-order valence-electron chi connectivity index (χ1n) is 8.89. The summed E-state index contributed by atoms with van der Waals surface area (Å²) in [5.41, 5.74) is 1.86. The Kier molecular flexibility index (Phi) is 5.78. The molecule has 0 saturated heterocycles. The number of carbonyl (C=O) groups excluding carboxylic acids is 2. The molecular formula is C20H22N2O6S. The molecule has 0 aliphatic carbocycles. The van der Waals surface area contributed by atoms with Gasteiger partial charge in [0.15, 0.2) is 21.3 Å². The Morgan fingerprint density at radius 2 is 1.83 bits per heavy atom. The molecule has 0 bridgehead atoms. The van der Waals surface area contributed by atoms with Gasteiger partial charge in [-0.15, -0.1) is 0 Å². The lowest BCUT2D eigenvalue weighted by molar-refractivity contribution is -0.117. The topological polar surface area (TPSA) is 102 Å². The molecule has 29 heavy (non-hydrogen) atoms. The number of ether oxygens (including phenoxy) is 2. The monoisotopic (exact) mass is 418 g/mol. The second kappa shape index (κ2) is 8.12. The predicted octanol–water partition coefficient (Wildman–Crippen LogP) is 2.03. The maximum absolute atomic E-state index is 12.6. The van der Waals surface area contributed by atoms with E-state index in [1.165, 1.54) is 31.3 Å². The highest BCUT2D eigenvalue weighted by molar-refractivity contribution is 7.91. The molecule has 1 aliphatic rings. The predicted molar refractivity (Wildman–Crippen MR) is 108 cm³/mol. The van der Waals surface area contributed by atoms with E-state index < -0.39 is 15.7 Å². The van der Waals surface area contributed by atoms with E-state index in [0.717, 1.165) is 0 Å². The van der Waals surface area contributed by atoms with Crippen molar-refractivity contribution in [1.82, 2.24) is 0 Å². The second-order valence-electron chi connectivity index (χ2n) is 6.61. The number of anilines is 2. The molecule has 0 spiro atoms. The van der Waals surface area contributed by atoms with Crippen LogP contribution >= 0.6 is 0 Å². The molecule has 8 nitrogen and oxygen atoms in total. The number of nitrogens with zero attached hydrogens (tertiary/aromatic N) is 1. The largest absolute Gasteiger partial charge is 0.493 e. The lowest BCUT2D eigenvalue weighted by Crippen LogP contribution is -2.20. The van der Waals surface area contributed by atoms with Crippen molar-refractivity contribution in [2.75, 3.05) is 37.2 Å². The van der Waals surface area contributed by atoms with Crippen LogP contribution < -0.4 is 19.7 Å². The second-order valence-corrected chi connectivity index (χ2v) is 8.72. The Bertz CT molecular complexity index is 1060. The number of hydrogen-bond donors (Lipinski definition) is 1. The molecule has 0 radical (unpaired) electrons. The molecule has 0 aromatic heterocycles. The lowest BCUT2D eigenvalue weighted by atomic mass is 10.2. The molecule has 154 valence electrons. The van der Waals surface area contributed by atoms with Crippen LogP contribution in [0, 0.1) is 0 Å². The van der Waals surface area contributed by atoms with Crippen molar-refractivity contribution in [2.24, 2.45) is 0 Å². The quantitative estimate of drug-likeness (QED) is 0.738. The number of fused-ring (bicyclic) bond motifs is 1. The van der Waals surface area contributed by atoms with E-state index in [0.29, 0.717) is 28.4 Å². The maximum Gasteiger partial charge on any atom is 0.231 e. The number of hydrogen-bond acceptors (Lipinski definition) is 6. The minimum atomic E-state index is -3.66. The minimum absolute atomic E-state index is 0.0798. The van der Waals surface area contributed by atoms with Crippen molar-refractivity contribution in [1.29, 1.82) is 0 Å². The Morgan fingerprint density at radius 3 is 2.52 bits per heavy atom.